The lowest BCUT2D eigenvalue weighted by molar-refractivity contribution is -0.0953. The Morgan fingerprint density at radius 1 is 1.13 bits per heavy atom. The van der Waals surface area contributed by atoms with Crippen molar-refractivity contribution in [3.8, 4) is 0 Å². The standard InChI is InChI=1S/C32H37F5N6O2/c1-15(2)26-28-19(16(3)11-39-26)8-9-32(36,37)14-45-23-7-6-21(33)25(35)24(23)27-22(34)10-20-29(41-31(44)43(28)30(20)40-27)42-13-17(4)38-12-18(42)5/h6,10-11,15-19,23,38H,7-9,12-14H2,1-5H3/t16?,17-,18+,19?,23?/m1/s1. The molecule has 0 amide bonds. The third-order valence-corrected chi connectivity index (χ3v) is 9.17. The first-order valence-corrected chi connectivity index (χ1v) is 15.4. The summed E-state index contributed by atoms with van der Waals surface area (Å²) in [7, 11) is 0. The number of hydrogen-bond donors (Lipinski definition) is 1. The molecule has 1 aliphatic carbocycles. The van der Waals surface area contributed by atoms with E-state index in [9.17, 15) is 9.18 Å². The van der Waals surface area contributed by atoms with E-state index in [0.29, 0.717) is 24.5 Å². The summed E-state index contributed by atoms with van der Waals surface area (Å²) in [6.45, 7) is 9.44. The van der Waals surface area contributed by atoms with Gasteiger partial charge in [0.25, 0.3) is 5.92 Å². The highest BCUT2D eigenvalue weighted by atomic mass is 19.3. The van der Waals surface area contributed by atoms with Gasteiger partial charge in [-0.05, 0) is 50.7 Å². The Morgan fingerprint density at radius 3 is 2.62 bits per heavy atom. The lowest BCUT2D eigenvalue weighted by Crippen LogP contribution is -2.55. The average molecular weight is 633 g/mol. The molecule has 2 aromatic rings. The molecule has 8 nitrogen and oxygen atoms in total. The van der Waals surface area contributed by atoms with Crippen LogP contribution in [0.2, 0.25) is 0 Å². The molecule has 6 rings (SSSR count). The lowest BCUT2D eigenvalue weighted by Gasteiger charge is -2.39. The summed E-state index contributed by atoms with van der Waals surface area (Å²) < 4.78 is 83.8. The molecule has 3 aliphatic heterocycles. The van der Waals surface area contributed by atoms with E-state index < -0.39 is 65.4 Å². The molecule has 3 unspecified atom stereocenters. The second kappa shape index (κ2) is 11.7. The molecule has 13 heteroatoms. The number of rotatable bonds is 2. The normalized spacial score (nSPS) is 28.9. The zero-order valence-corrected chi connectivity index (χ0v) is 25.9. The van der Waals surface area contributed by atoms with Crippen LogP contribution in [0.5, 0.6) is 0 Å². The first-order chi connectivity index (χ1) is 21.3. The predicted molar refractivity (Wildman–Crippen MR) is 163 cm³/mol. The second-order valence-electron chi connectivity index (χ2n) is 12.9. The molecule has 0 spiro atoms. The zero-order valence-electron chi connectivity index (χ0n) is 25.9. The summed E-state index contributed by atoms with van der Waals surface area (Å²) >= 11 is 0. The second-order valence-corrected chi connectivity index (χ2v) is 12.9. The number of nitrogens with one attached hydrogen (secondary N) is 1. The molecule has 242 valence electrons. The van der Waals surface area contributed by atoms with Gasteiger partial charge in [0, 0.05) is 49.3 Å². The third-order valence-electron chi connectivity index (χ3n) is 9.17. The number of pyridine rings is 1. The van der Waals surface area contributed by atoms with Crippen molar-refractivity contribution < 1.29 is 26.7 Å². The summed E-state index contributed by atoms with van der Waals surface area (Å²) in [4.78, 5) is 29.8. The van der Waals surface area contributed by atoms with Crippen molar-refractivity contribution in [3.05, 3.63) is 51.5 Å². The van der Waals surface area contributed by atoms with Gasteiger partial charge in [-0.2, -0.15) is 4.98 Å². The Kier molecular flexibility index (Phi) is 8.22. The molecule has 1 fully saturated rings. The molecule has 0 radical (unpaired) electrons. The molecule has 2 bridgehead atoms. The molecule has 45 heavy (non-hydrogen) atoms. The van der Waals surface area contributed by atoms with Gasteiger partial charge in [0.1, 0.15) is 23.9 Å². The Hall–Kier alpha value is -3.45. The van der Waals surface area contributed by atoms with Crippen LogP contribution < -0.4 is 15.9 Å². The SMILES string of the molecule is CC(C)C1=C2C(CCC(F)(F)COC3CC=C(F)C(F)=C3c3nc4c(cc3F)c(N3C[C@@H](C)NC[C@@H]3C)nc(=O)n42)C(C)C=N1. The largest absolute Gasteiger partial charge is 0.367 e. The molecule has 4 aliphatic rings. The van der Waals surface area contributed by atoms with Gasteiger partial charge >= 0.3 is 5.69 Å². The molecule has 0 saturated carbocycles. The average Bonchev–Trinajstić information content (AvgIpc) is 2.98. The fourth-order valence-corrected chi connectivity index (χ4v) is 6.74. The van der Waals surface area contributed by atoms with Gasteiger partial charge in [-0.3, -0.25) is 4.99 Å². The van der Waals surface area contributed by atoms with Gasteiger partial charge in [-0.1, -0.05) is 20.8 Å². The number of halogens is 5. The fourth-order valence-electron chi connectivity index (χ4n) is 6.74. The maximum Gasteiger partial charge on any atom is 0.355 e. The topological polar surface area (TPSA) is 84.6 Å². The van der Waals surface area contributed by atoms with Gasteiger partial charge in [-0.15, -0.1) is 0 Å². The highest BCUT2D eigenvalue weighted by Gasteiger charge is 2.40. The number of alkyl halides is 2. The maximum absolute atomic E-state index is 16.2. The van der Waals surface area contributed by atoms with Crippen LogP contribution in [-0.2, 0) is 4.74 Å². The van der Waals surface area contributed by atoms with E-state index in [0.717, 1.165) is 12.1 Å². The maximum atomic E-state index is 16.2. The van der Waals surface area contributed by atoms with Crippen LogP contribution in [0, 0.1) is 23.6 Å². The van der Waals surface area contributed by atoms with Gasteiger partial charge < -0.3 is 15.0 Å². The van der Waals surface area contributed by atoms with E-state index >= 15 is 17.6 Å². The van der Waals surface area contributed by atoms with Gasteiger partial charge in [0.15, 0.2) is 17.3 Å². The number of anilines is 1. The molecule has 0 aromatic carbocycles. The summed E-state index contributed by atoms with van der Waals surface area (Å²) in [5.41, 5.74) is -1.19. The van der Waals surface area contributed by atoms with Crippen LogP contribution in [-0.4, -0.2) is 64.6 Å². The first kappa shape index (κ1) is 31.5. The molecule has 1 saturated heterocycles. The minimum atomic E-state index is -3.35. The van der Waals surface area contributed by atoms with E-state index in [1.54, 1.807) is 6.21 Å². The molecule has 2 aromatic heterocycles. The summed E-state index contributed by atoms with van der Waals surface area (Å²) in [5, 5.41) is 3.55. The van der Waals surface area contributed by atoms with Crippen molar-refractivity contribution in [3.63, 3.8) is 0 Å². The van der Waals surface area contributed by atoms with Gasteiger partial charge in [-0.25, -0.2) is 36.3 Å². The van der Waals surface area contributed by atoms with Crippen molar-refractivity contribution in [2.45, 2.75) is 78.0 Å². The number of aliphatic imine (C=N–C) groups is 1. The fraction of sp³-hybridized carbons (Fsp3) is 0.562. The van der Waals surface area contributed by atoms with Crippen LogP contribution >= 0.6 is 0 Å². The number of ether oxygens (including phenoxy) is 1. The van der Waals surface area contributed by atoms with Crippen LogP contribution in [0.3, 0.4) is 0 Å². The van der Waals surface area contributed by atoms with E-state index in [-0.39, 0.29) is 53.6 Å². The van der Waals surface area contributed by atoms with Crippen LogP contribution in [0.25, 0.3) is 22.3 Å². The van der Waals surface area contributed by atoms with E-state index in [2.05, 4.69) is 20.3 Å². The summed E-state index contributed by atoms with van der Waals surface area (Å²) in [6.07, 6.45) is 0.197. The molecule has 5 heterocycles. The Morgan fingerprint density at radius 2 is 1.89 bits per heavy atom. The minimum absolute atomic E-state index is 0.0307. The van der Waals surface area contributed by atoms with Crippen molar-refractivity contribution in [2.24, 2.45) is 22.7 Å². The Balaban J connectivity index is 1.74. The third kappa shape index (κ3) is 5.62. The minimum Gasteiger partial charge on any atom is -0.367 e. The lowest BCUT2D eigenvalue weighted by atomic mass is 9.82. The van der Waals surface area contributed by atoms with Crippen molar-refractivity contribution >= 4 is 34.3 Å². The molecule has 1 N–H and O–H groups in total. The smallest absolute Gasteiger partial charge is 0.355 e. The number of allylic oxidation sites excluding steroid dienone is 4. The number of piperazine rings is 1. The Bertz CT molecular complexity index is 1710. The number of fused-ring (bicyclic) bond motifs is 5. The Labute approximate surface area is 257 Å². The van der Waals surface area contributed by atoms with Crippen LogP contribution in [0.1, 0.15) is 59.6 Å². The van der Waals surface area contributed by atoms with E-state index in [1.807, 2.05) is 39.5 Å². The highest BCUT2D eigenvalue weighted by Crippen LogP contribution is 2.43. The van der Waals surface area contributed by atoms with Crippen molar-refractivity contribution in [1.82, 2.24) is 19.9 Å². The van der Waals surface area contributed by atoms with Crippen molar-refractivity contribution in [1.29, 1.82) is 0 Å². The van der Waals surface area contributed by atoms with Crippen molar-refractivity contribution in [2.75, 3.05) is 24.6 Å². The quantitative estimate of drug-likeness (QED) is 0.407. The highest BCUT2D eigenvalue weighted by molar-refractivity contribution is 5.92. The van der Waals surface area contributed by atoms with Crippen LogP contribution in [0.4, 0.5) is 27.8 Å². The number of nitrogens with zero attached hydrogens (tertiary/aromatic N) is 5. The zero-order chi connectivity index (χ0) is 32.4. The molecular formula is C32H37F5N6O2. The molecule has 5 atom stereocenters. The predicted octanol–water partition coefficient (Wildman–Crippen LogP) is 6.03. The monoisotopic (exact) mass is 632 g/mol. The number of aromatic nitrogens is 3. The van der Waals surface area contributed by atoms with Gasteiger partial charge in [0.2, 0.25) is 0 Å². The van der Waals surface area contributed by atoms with E-state index in [4.69, 9.17) is 4.74 Å². The molecular weight excluding hydrogens is 595 g/mol. The van der Waals surface area contributed by atoms with E-state index in [1.165, 1.54) is 4.57 Å². The van der Waals surface area contributed by atoms with Crippen LogP contribution in [0.15, 0.2) is 39.3 Å². The first-order valence-electron chi connectivity index (χ1n) is 15.4. The summed E-state index contributed by atoms with van der Waals surface area (Å²) in [6, 6.07) is 1.03. The number of hydrogen-bond acceptors (Lipinski definition) is 7. The van der Waals surface area contributed by atoms with Gasteiger partial charge in [0.05, 0.1) is 22.9 Å². The summed E-state index contributed by atoms with van der Waals surface area (Å²) in [5.74, 6) is -8.07.